The van der Waals surface area contributed by atoms with Gasteiger partial charge in [0.1, 0.15) is 0 Å². The molecule has 1 amide bonds. The number of carbonyl (C=O) groups is 1. The van der Waals surface area contributed by atoms with E-state index in [9.17, 15) is 4.79 Å². The molecule has 1 rings (SSSR count). The molecule has 3 nitrogen and oxygen atoms in total. The highest BCUT2D eigenvalue weighted by Crippen LogP contribution is 2.25. The van der Waals surface area contributed by atoms with E-state index in [0.29, 0.717) is 0 Å². The largest absolute Gasteiger partial charge is 0.354 e. The molecule has 0 aromatic carbocycles. The van der Waals surface area contributed by atoms with Gasteiger partial charge >= 0.3 is 0 Å². The van der Waals surface area contributed by atoms with Gasteiger partial charge < -0.3 is 11.1 Å². The summed E-state index contributed by atoms with van der Waals surface area (Å²) < 4.78 is 0. The molecule has 0 aliphatic heterocycles. The first-order valence-corrected chi connectivity index (χ1v) is 6.64. The SMILES string of the molecule is CSCCNC(=O)C1(N)CCCCC1. The van der Waals surface area contributed by atoms with E-state index in [-0.39, 0.29) is 5.91 Å². The third-order valence-electron chi connectivity index (χ3n) is 2.79. The summed E-state index contributed by atoms with van der Waals surface area (Å²) in [5.41, 5.74) is 5.49. The Balaban J connectivity index is 2.33. The van der Waals surface area contributed by atoms with Crippen LogP contribution in [0.5, 0.6) is 0 Å². The lowest BCUT2D eigenvalue weighted by atomic mass is 9.82. The topological polar surface area (TPSA) is 55.1 Å². The Morgan fingerprint density at radius 3 is 2.64 bits per heavy atom. The van der Waals surface area contributed by atoms with E-state index in [0.717, 1.165) is 38.0 Å². The Hall–Kier alpha value is -0.220. The molecule has 4 heteroatoms. The first-order chi connectivity index (χ1) is 6.69. The van der Waals surface area contributed by atoms with Crippen molar-refractivity contribution in [3.05, 3.63) is 0 Å². The molecule has 1 saturated carbocycles. The summed E-state index contributed by atoms with van der Waals surface area (Å²) in [5, 5.41) is 2.91. The summed E-state index contributed by atoms with van der Waals surface area (Å²) in [6, 6.07) is 0. The van der Waals surface area contributed by atoms with Gasteiger partial charge in [0.15, 0.2) is 0 Å². The minimum atomic E-state index is -0.573. The number of hydrogen-bond donors (Lipinski definition) is 2. The van der Waals surface area contributed by atoms with Crippen molar-refractivity contribution in [3.63, 3.8) is 0 Å². The van der Waals surface area contributed by atoms with Crippen molar-refractivity contribution in [2.24, 2.45) is 5.73 Å². The molecule has 0 aromatic heterocycles. The highest BCUT2D eigenvalue weighted by Gasteiger charge is 2.34. The maximum Gasteiger partial charge on any atom is 0.240 e. The molecule has 0 heterocycles. The van der Waals surface area contributed by atoms with E-state index in [1.165, 1.54) is 6.42 Å². The van der Waals surface area contributed by atoms with Crippen LogP contribution in [-0.2, 0) is 4.79 Å². The Morgan fingerprint density at radius 1 is 1.43 bits per heavy atom. The van der Waals surface area contributed by atoms with Gasteiger partial charge in [0.05, 0.1) is 5.54 Å². The minimum absolute atomic E-state index is 0.0475. The third-order valence-corrected chi connectivity index (χ3v) is 3.40. The van der Waals surface area contributed by atoms with Gasteiger partial charge in [-0.05, 0) is 19.1 Å². The number of amides is 1. The monoisotopic (exact) mass is 216 g/mol. The zero-order valence-corrected chi connectivity index (χ0v) is 9.66. The van der Waals surface area contributed by atoms with Crippen molar-refractivity contribution in [3.8, 4) is 0 Å². The van der Waals surface area contributed by atoms with Crippen molar-refractivity contribution in [1.82, 2.24) is 5.32 Å². The zero-order chi connectivity index (χ0) is 10.4. The molecule has 1 aliphatic rings. The van der Waals surface area contributed by atoms with Crippen LogP contribution in [0.2, 0.25) is 0 Å². The molecule has 0 spiro atoms. The highest BCUT2D eigenvalue weighted by molar-refractivity contribution is 7.98. The number of carbonyl (C=O) groups excluding carboxylic acids is 1. The summed E-state index contributed by atoms with van der Waals surface area (Å²) in [5.74, 6) is 1.01. The molecule has 1 aliphatic carbocycles. The van der Waals surface area contributed by atoms with Gasteiger partial charge in [0.25, 0.3) is 0 Å². The smallest absolute Gasteiger partial charge is 0.240 e. The maximum absolute atomic E-state index is 11.7. The molecule has 0 bridgehead atoms. The van der Waals surface area contributed by atoms with Gasteiger partial charge in [0.2, 0.25) is 5.91 Å². The number of nitrogens with two attached hydrogens (primary N) is 1. The number of nitrogens with one attached hydrogen (secondary N) is 1. The zero-order valence-electron chi connectivity index (χ0n) is 8.84. The molecule has 3 N–H and O–H groups in total. The van der Waals surface area contributed by atoms with Crippen LogP contribution in [0.4, 0.5) is 0 Å². The molecule has 0 atom stereocenters. The van der Waals surface area contributed by atoms with Gasteiger partial charge in [-0.2, -0.15) is 11.8 Å². The van der Waals surface area contributed by atoms with Crippen LogP contribution < -0.4 is 11.1 Å². The molecular formula is C10H20N2OS. The molecule has 0 aromatic rings. The van der Waals surface area contributed by atoms with E-state index in [2.05, 4.69) is 5.32 Å². The van der Waals surface area contributed by atoms with E-state index >= 15 is 0 Å². The predicted octanol–water partition coefficient (Wildman–Crippen LogP) is 1.13. The Morgan fingerprint density at radius 2 is 2.07 bits per heavy atom. The molecule has 1 fully saturated rings. The van der Waals surface area contributed by atoms with Crippen LogP contribution in [0, 0.1) is 0 Å². The van der Waals surface area contributed by atoms with E-state index < -0.39 is 5.54 Å². The average Bonchev–Trinajstić information content (AvgIpc) is 2.19. The first kappa shape index (κ1) is 11.9. The quantitative estimate of drug-likeness (QED) is 0.693. The third kappa shape index (κ3) is 3.17. The number of thioether (sulfide) groups is 1. The Bertz CT molecular complexity index is 191. The summed E-state index contributed by atoms with van der Waals surface area (Å²) in [4.78, 5) is 11.7. The Kier molecular flexibility index (Phi) is 4.75. The molecule has 14 heavy (non-hydrogen) atoms. The van der Waals surface area contributed by atoms with E-state index in [1.54, 1.807) is 11.8 Å². The Labute approximate surface area is 90.2 Å². The summed E-state index contributed by atoms with van der Waals surface area (Å²) in [7, 11) is 0. The van der Waals surface area contributed by atoms with Crippen molar-refractivity contribution in [1.29, 1.82) is 0 Å². The lowest BCUT2D eigenvalue weighted by Crippen LogP contribution is -2.55. The second kappa shape index (κ2) is 5.61. The summed E-state index contributed by atoms with van der Waals surface area (Å²) in [6.07, 6.45) is 7.12. The lowest BCUT2D eigenvalue weighted by molar-refractivity contribution is -0.127. The minimum Gasteiger partial charge on any atom is -0.354 e. The van der Waals surface area contributed by atoms with E-state index in [1.807, 2.05) is 6.26 Å². The standard InChI is InChI=1S/C10H20N2OS/c1-14-8-7-12-9(13)10(11)5-3-2-4-6-10/h2-8,11H2,1H3,(H,12,13). The van der Waals surface area contributed by atoms with Crippen molar-refractivity contribution in [2.75, 3.05) is 18.6 Å². The van der Waals surface area contributed by atoms with Crippen molar-refractivity contribution >= 4 is 17.7 Å². The summed E-state index contributed by atoms with van der Waals surface area (Å²) in [6.45, 7) is 0.735. The lowest BCUT2D eigenvalue weighted by Gasteiger charge is -2.31. The number of hydrogen-bond acceptors (Lipinski definition) is 3. The molecule has 0 unspecified atom stereocenters. The van der Waals surface area contributed by atoms with Gasteiger partial charge in [-0.15, -0.1) is 0 Å². The van der Waals surface area contributed by atoms with E-state index in [4.69, 9.17) is 5.73 Å². The predicted molar refractivity (Wildman–Crippen MR) is 61.4 cm³/mol. The van der Waals surface area contributed by atoms with Gasteiger partial charge in [0, 0.05) is 12.3 Å². The second-order valence-corrected chi connectivity index (χ2v) is 4.95. The van der Waals surface area contributed by atoms with Gasteiger partial charge in [-0.25, -0.2) is 0 Å². The fourth-order valence-electron chi connectivity index (χ4n) is 1.85. The van der Waals surface area contributed by atoms with Crippen LogP contribution in [0.3, 0.4) is 0 Å². The molecule has 0 saturated heterocycles. The van der Waals surface area contributed by atoms with Crippen LogP contribution in [0.1, 0.15) is 32.1 Å². The normalized spacial score (nSPS) is 20.4. The second-order valence-electron chi connectivity index (χ2n) is 3.97. The molecular weight excluding hydrogens is 196 g/mol. The maximum atomic E-state index is 11.7. The highest BCUT2D eigenvalue weighted by atomic mass is 32.2. The van der Waals surface area contributed by atoms with Gasteiger partial charge in [-0.1, -0.05) is 19.3 Å². The molecule has 0 radical (unpaired) electrons. The molecule has 82 valence electrons. The van der Waals surface area contributed by atoms with Crippen LogP contribution in [0.15, 0.2) is 0 Å². The van der Waals surface area contributed by atoms with Crippen molar-refractivity contribution in [2.45, 2.75) is 37.6 Å². The van der Waals surface area contributed by atoms with Crippen LogP contribution in [-0.4, -0.2) is 30.0 Å². The van der Waals surface area contributed by atoms with Crippen LogP contribution >= 0.6 is 11.8 Å². The number of rotatable bonds is 4. The average molecular weight is 216 g/mol. The van der Waals surface area contributed by atoms with Crippen molar-refractivity contribution < 1.29 is 4.79 Å². The van der Waals surface area contributed by atoms with Gasteiger partial charge in [-0.3, -0.25) is 4.79 Å². The van der Waals surface area contributed by atoms with Crippen LogP contribution in [0.25, 0.3) is 0 Å². The first-order valence-electron chi connectivity index (χ1n) is 5.25. The fraction of sp³-hybridized carbons (Fsp3) is 0.900. The summed E-state index contributed by atoms with van der Waals surface area (Å²) >= 11 is 1.73. The fourth-order valence-corrected chi connectivity index (χ4v) is 2.16.